The van der Waals surface area contributed by atoms with Crippen LogP contribution in [0, 0.1) is 11.3 Å². The summed E-state index contributed by atoms with van der Waals surface area (Å²) in [6.07, 6.45) is 5.78. The Labute approximate surface area is 167 Å². The van der Waals surface area contributed by atoms with E-state index in [9.17, 15) is 14.4 Å². The third-order valence-corrected chi connectivity index (χ3v) is 5.11. The van der Waals surface area contributed by atoms with Crippen LogP contribution in [-0.4, -0.2) is 30.4 Å². The number of aldehydes is 1. The zero-order chi connectivity index (χ0) is 20.8. The highest BCUT2D eigenvalue weighted by atomic mass is 16.6. The average Bonchev–Trinajstić information content (AvgIpc) is 3.37. The number of esters is 2. The average molecular weight is 389 g/mol. The van der Waals surface area contributed by atoms with Crippen molar-refractivity contribution in [2.24, 2.45) is 11.3 Å². The summed E-state index contributed by atoms with van der Waals surface area (Å²) >= 11 is 0. The van der Waals surface area contributed by atoms with Crippen molar-refractivity contribution >= 4 is 18.2 Å². The van der Waals surface area contributed by atoms with Crippen molar-refractivity contribution in [3.8, 4) is 0 Å². The van der Waals surface area contributed by atoms with Crippen LogP contribution in [0.15, 0.2) is 24.3 Å². The van der Waals surface area contributed by atoms with Crippen LogP contribution in [0.4, 0.5) is 0 Å². The predicted molar refractivity (Wildman–Crippen MR) is 107 cm³/mol. The molecular formula is C23H32O5. The monoisotopic (exact) mass is 388 g/mol. The lowest BCUT2D eigenvalue weighted by atomic mass is 9.88. The van der Waals surface area contributed by atoms with Gasteiger partial charge in [-0.1, -0.05) is 12.1 Å². The minimum absolute atomic E-state index is 0.0358. The molecule has 0 N–H and O–H groups in total. The van der Waals surface area contributed by atoms with Gasteiger partial charge in [0.1, 0.15) is 11.9 Å². The fraction of sp³-hybridized carbons (Fsp3) is 0.609. The summed E-state index contributed by atoms with van der Waals surface area (Å²) in [7, 11) is 0. The van der Waals surface area contributed by atoms with Crippen molar-refractivity contribution in [3.63, 3.8) is 0 Å². The molecule has 1 aromatic rings. The summed E-state index contributed by atoms with van der Waals surface area (Å²) in [5.74, 6) is -0.576. The van der Waals surface area contributed by atoms with E-state index in [1.165, 1.54) is 0 Å². The molecule has 1 atom stereocenters. The van der Waals surface area contributed by atoms with Crippen molar-refractivity contribution in [1.82, 2.24) is 0 Å². The Hall–Kier alpha value is -2.17. The number of ether oxygens (including phenoxy) is 2. The van der Waals surface area contributed by atoms with Crippen molar-refractivity contribution in [2.45, 2.75) is 71.8 Å². The normalized spacial score (nSPS) is 16.1. The molecule has 0 aliphatic heterocycles. The highest BCUT2D eigenvalue weighted by Crippen LogP contribution is 2.53. The zero-order valence-electron chi connectivity index (χ0n) is 17.5. The first kappa shape index (κ1) is 22.1. The molecule has 28 heavy (non-hydrogen) atoms. The van der Waals surface area contributed by atoms with Crippen LogP contribution < -0.4 is 0 Å². The molecule has 2 rings (SSSR count). The Morgan fingerprint density at radius 1 is 1.18 bits per heavy atom. The second-order valence-electron chi connectivity index (χ2n) is 8.82. The van der Waals surface area contributed by atoms with Crippen molar-refractivity contribution in [3.05, 3.63) is 35.4 Å². The van der Waals surface area contributed by atoms with E-state index in [1.807, 2.05) is 39.8 Å². The van der Waals surface area contributed by atoms with Crippen molar-refractivity contribution in [2.75, 3.05) is 6.61 Å². The van der Waals surface area contributed by atoms with Gasteiger partial charge in [0, 0.05) is 5.92 Å². The van der Waals surface area contributed by atoms with E-state index in [1.54, 1.807) is 12.1 Å². The molecule has 154 valence electrons. The molecule has 1 aliphatic carbocycles. The van der Waals surface area contributed by atoms with E-state index in [0.717, 1.165) is 37.5 Å². The molecule has 1 aromatic carbocycles. The molecule has 1 unspecified atom stereocenters. The van der Waals surface area contributed by atoms with Crippen LogP contribution in [0.2, 0.25) is 0 Å². The Morgan fingerprint density at radius 3 is 2.32 bits per heavy atom. The first-order valence-corrected chi connectivity index (χ1v) is 10.1. The predicted octanol–water partition coefficient (Wildman–Crippen LogP) is 4.51. The molecule has 1 saturated carbocycles. The van der Waals surface area contributed by atoms with Crippen LogP contribution in [0.25, 0.3) is 0 Å². The van der Waals surface area contributed by atoms with Crippen molar-refractivity contribution in [1.29, 1.82) is 0 Å². The number of hydrogen-bond acceptors (Lipinski definition) is 5. The minimum atomic E-state index is -0.527. The van der Waals surface area contributed by atoms with Crippen LogP contribution in [0.5, 0.6) is 0 Å². The van der Waals surface area contributed by atoms with Gasteiger partial charge in [-0.15, -0.1) is 0 Å². The summed E-state index contributed by atoms with van der Waals surface area (Å²) in [5, 5.41) is 0. The van der Waals surface area contributed by atoms with Gasteiger partial charge in [0.05, 0.1) is 18.6 Å². The molecule has 0 aromatic heterocycles. The van der Waals surface area contributed by atoms with Crippen LogP contribution in [0.1, 0.15) is 75.7 Å². The largest absolute Gasteiger partial charge is 0.466 e. The second-order valence-corrected chi connectivity index (χ2v) is 8.82. The second kappa shape index (κ2) is 9.35. The van der Waals surface area contributed by atoms with E-state index < -0.39 is 5.60 Å². The van der Waals surface area contributed by atoms with Gasteiger partial charge in [-0.25, -0.2) is 4.79 Å². The summed E-state index contributed by atoms with van der Waals surface area (Å²) in [6, 6.07) is 7.24. The molecule has 5 heteroatoms. The van der Waals surface area contributed by atoms with Gasteiger partial charge < -0.3 is 14.3 Å². The van der Waals surface area contributed by atoms with E-state index >= 15 is 0 Å². The highest BCUT2D eigenvalue weighted by molar-refractivity contribution is 5.89. The topological polar surface area (TPSA) is 69.7 Å². The SMILES string of the molecule is CCOC(=O)CC1(CCC(C=O)Cc2ccc(C(=O)OC(C)(C)C)cc2)CC1. The molecule has 0 spiro atoms. The number of hydrogen-bond donors (Lipinski definition) is 0. The smallest absolute Gasteiger partial charge is 0.338 e. The number of rotatable bonds is 10. The van der Waals surface area contributed by atoms with Gasteiger partial charge in [-0.2, -0.15) is 0 Å². The lowest BCUT2D eigenvalue weighted by Crippen LogP contribution is -2.23. The molecular weight excluding hydrogens is 356 g/mol. The molecule has 1 fully saturated rings. The molecule has 0 saturated heterocycles. The van der Waals surface area contributed by atoms with Crippen LogP contribution in [0.3, 0.4) is 0 Å². The van der Waals surface area contributed by atoms with Gasteiger partial charge in [-0.3, -0.25) is 4.79 Å². The molecule has 1 aliphatic rings. The molecule has 0 radical (unpaired) electrons. The minimum Gasteiger partial charge on any atom is -0.466 e. The van der Waals surface area contributed by atoms with Crippen LogP contribution >= 0.6 is 0 Å². The van der Waals surface area contributed by atoms with Crippen molar-refractivity contribution < 1.29 is 23.9 Å². The van der Waals surface area contributed by atoms with Gasteiger partial charge in [0.15, 0.2) is 0 Å². The maximum Gasteiger partial charge on any atom is 0.338 e. The third-order valence-electron chi connectivity index (χ3n) is 5.11. The fourth-order valence-electron chi connectivity index (χ4n) is 3.34. The quantitative estimate of drug-likeness (QED) is 0.436. The Morgan fingerprint density at radius 2 is 1.82 bits per heavy atom. The Balaban J connectivity index is 1.86. The van der Waals surface area contributed by atoms with Gasteiger partial charge >= 0.3 is 11.9 Å². The summed E-state index contributed by atoms with van der Waals surface area (Å²) in [5.41, 5.74) is 1.03. The Bertz CT molecular complexity index is 680. The lowest BCUT2D eigenvalue weighted by Gasteiger charge is -2.19. The van der Waals surface area contributed by atoms with Crippen LogP contribution in [-0.2, 0) is 25.5 Å². The van der Waals surface area contributed by atoms with Gasteiger partial charge in [0.2, 0.25) is 0 Å². The molecule has 0 bridgehead atoms. The van der Waals surface area contributed by atoms with E-state index in [4.69, 9.17) is 9.47 Å². The third kappa shape index (κ3) is 7.10. The highest BCUT2D eigenvalue weighted by Gasteiger charge is 2.44. The first-order valence-electron chi connectivity index (χ1n) is 10.1. The van der Waals surface area contributed by atoms with E-state index in [2.05, 4.69) is 0 Å². The maximum atomic E-state index is 12.1. The van der Waals surface area contributed by atoms with Gasteiger partial charge in [-0.05, 0) is 82.9 Å². The zero-order valence-corrected chi connectivity index (χ0v) is 17.5. The fourth-order valence-corrected chi connectivity index (χ4v) is 3.34. The van der Waals surface area contributed by atoms with Gasteiger partial charge in [0.25, 0.3) is 0 Å². The maximum absolute atomic E-state index is 12.1. The van der Waals surface area contributed by atoms with E-state index in [-0.39, 0.29) is 23.3 Å². The standard InChI is InChI=1S/C23H32O5/c1-5-27-20(25)15-23(12-13-23)11-10-18(16-24)14-17-6-8-19(9-7-17)21(26)28-22(2,3)4/h6-9,16,18H,5,10-15H2,1-4H3. The van der Waals surface area contributed by atoms with E-state index in [0.29, 0.717) is 25.0 Å². The molecule has 0 amide bonds. The lowest BCUT2D eigenvalue weighted by molar-refractivity contribution is -0.144. The number of carbonyl (C=O) groups excluding carboxylic acids is 3. The number of benzene rings is 1. The number of carbonyl (C=O) groups is 3. The Kier molecular flexibility index (Phi) is 7.39. The first-order chi connectivity index (χ1) is 13.2. The summed E-state index contributed by atoms with van der Waals surface area (Å²) < 4.78 is 10.4. The molecule has 0 heterocycles. The molecule has 5 nitrogen and oxygen atoms in total. The summed E-state index contributed by atoms with van der Waals surface area (Å²) in [6.45, 7) is 7.73. The summed E-state index contributed by atoms with van der Waals surface area (Å²) in [4.78, 5) is 35.4.